The van der Waals surface area contributed by atoms with Crippen LogP contribution >= 0.6 is 22.9 Å². The summed E-state index contributed by atoms with van der Waals surface area (Å²) in [6.45, 7) is 8.09. The number of anilines is 1. The zero-order chi connectivity index (χ0) is 30.0. The van der Waals surface area contributed by atoms with Crippen molar-refractivity contribution in [1.29, 1.82) is 0 Å². The number of piperidine rings is 1. The summed E-state index contributed by atoms with van der Waals surface area (Å²) in [5, 5.41) is 19.1. The van der Waals surface area contributed by atoms with Gasteiger partial charge >= 0.3 is 5.97 Å². The monoisotopic (exact) mass is 610 g/mol. The molecule has 8 nitrogen and oxygen atoms in total. The number of amides is 1. The quantitative estimate of drug-likeness (QED) is 0.220. The average molecular weight is 611 g/mol. The molecule has 0 radical (unpaired) electrons. The van der Waals surface area contributed by atoms with E-state index in [0.29, 0.717) is 39.8 Å². The van der Waals surface area contributed by atoms with Crippen molar-refractivity contribution in [3.05, 3.63) is 87.0 Å². The first-order chi connectivity index (χ1) is 20.0. The van der Waals surface area contributed by atoms with Crippen LogP contribution < -0.4 is 10.1 Å². The fourth-order valence-electron chi connectivity index (χ4n) is 5.03. The van der Waals surface area contributed by atoms with Gasteiger partial charge in [0.25, 0.3) is 5.91 Å². The topological polar surface area (TPSA) is 96.7 Å². The molecule has 3 heterocycles. The third kappa shape index (κ3) is 6.67. The Labute approximate surface area is 252 Å². The maximum absolute atomic E-state index is 13.6. The molecular weight excluding hydrogens is 579 g/mol. The minimum atomic E-state index is -0.978. The van der Waals surface area contributed by atoms with E-state index in [1.165, 1.54) is 18.3 Å². The lowest BCUT2D eigenvalue weighted by molar-refractivity contribution is 0.0682. The van der Waals surface area contributed by atoms with Gasteiger partial charge in [-0.1, -0.05) is 11.6 Å². The van der Waals surface area contributed by atoms with E-state index in [-0.39, 0.29) is 22.7 Å². The van der Waals surface area contributed by atoms with Crippen molar-refractivity contribution >= 4 is 40.5 Å². The number of rotatable bonds is 8. The molecule has 1 aliphatic rings. The van der Waals surface area contributed by atoms with Crippen molar-refractivity contribution < 1.29 is 23.8 Å². The number of carbonyl (C=O) groups excluding carboxylic acids is 1. The van der Waals surface area contributed by atoms with Gasteiger partial charge in [-0.15, -0.1) is 11.3 Å². The van der Waals surface area contributed by atoms with Crippen LogP contribution in [0.25, 0.3) is 11.3 Å². The Morgan fingerprint density at radius 2 is 1.86 bits per heavy atom. The molecule has 0 bridgehead atoms. The van der Waals surface area contributed by atoms with Crippen LogP contribution in [0, 0.1) is 5.82 Å². The van der Waals surface area contributed by atoms with Crippen molar-refractivity contribution in [2.75, 3.05) is 18.4 Å². The second-order valence-electron chi connectivity index (χ2n) is 11.3. The number of hydrogen-bond donors (Lipinski definition) is 2. The molecule has 2 N–H and O–H groups in total. The number of aromatic carboxylic acids is 1. The van der Waals surface area contributed by atoms with Gasteiger partial charge in [0.15, 0.2) is 4.88 Å². The van der Waals surface area contributed by atoms with Crippen LogP contribution in [0.2, 0.25) is 5.02 Å². The van der Waals surface area contributed by atoms with Crippen LogP contribution in [0.3, 0.4) is 0 Å². The smallest absolute Gasteiger partial charge is 0.349 e. The molecule has 5 rings (SSSR count). The highest BCUT2D eigenvalue weighted by atomic mass is 35.5. The largest absolute Gasteiger partial charge is 0.489 e. The summed E-state index contributed by atoms with van der Waals surface area (Å²) in [6.07, 6.45) is 3.00. The van der Waals surface area contributed by atoms with Crippen LogP contribution in [0.5, 0.6) is 5.75 Å². The van der Waals surface area contributed by atoms with Gasteiger partial charge in [-0.3, -0.25) is 14.4 Å². The normalized spacial score (nSPS) is 14.6. The highest BCUT2D eigenvalue weighted by Crippen LogP contribution is 2.31. The zero-order valence-electron chi connectivity index (χ0n) is 23.6. The molecular formula is C31H32ClFN4O4S. The van der Waals surface area contributed by atoms with E-state index in [1.54, 1.807) is 40.4 Å². The summed E-state index contributed by atoms with van der Waals surface area (Å²) in [5.41, 5.74) is 2.75. The number of likely N-dealkylation sites (tertiary alicyclic amines) is 1. The number of ether oxygens (including phenoxy) is 1. The van der Waals surface area contributed by atoms with E-state index < -0.39 is 11.5 Å². The summed E-state index contributed by atoms with van der Waals surface area (Å²) in [7, 11) is 0. The molecule has 42 heavy (non-hydrogen) atoms. The van der Waals surface area contributed by atoms with E-state index in [0.717, 1.165) is 42.8 Å². The number of halogens is 2. The minimum Gasteiger partial charge on any atom is -0.489 e. The van der Waals surface area contributed by atoms with Crippen molar-refractivity contribution in [3.63, 3.8) is 0 Å². The standard InChI is InChI=1S/C31H32ClFN4O4S/c1-31(2,3)37-27(19-4-6-21(33)7-5-19)24(17-34-37)29(38)35-22-8-9-25(32)20(16-22)18-36-13-10-23(11-14-36)41-26-12-15-42-28(26)30(39)40/h4-9,12,15-17,23H,10-11,13-14,18H2,1-3H3,(H,35,38)(H,39,40). The highest BCUT2D eigenvalue weighted by molar-refractivity contribution is 7.12. The van der Waals surface area contributed by atoms with E-state index in [1.807, 2.05) is 26.8 Å². The lowest BCUT2D eigenvalue weighted by Crippen LogP contribution is -2.38. The highest BCUT2D eigenvalue weighted by Gasteiger charge is 2.26. The molecule has 220 valence electrons. The van der Waals surface area contributed by atoms with Crippen LogP contribution in [0.1, 0.15) is 59.2 Å². The molecule has 0 saturated carbocycles. The van der Waals surface area contributed by atoms with Crippen molar-refractivity contribution in [1.82, 2.24) is 14.7 Å². The first-order valence-corrected chi connectivity index (χ1v) is 14.9. The number of nitrogens with zero attached hydrogens (tertiary/aromatic N) is 3. The molecule has 0 aliphatic carbocycles. The number of aromatic nitrogens is 2. The van der Waals surface area contributed by atoms with E-state index >= 15 is 0 Å². The first kappa shape index (κ1) is 29.8. The minimum absolute atomic E-state index is 0.0561. The SMILES string of the molecule is CC(C)(C)n1ncc(C(=O)Nc2ccc(Cl)c(CN3CCC(Oc4ccsc4C(=O)O)CC3)c2)c1-c1ccc(F)cc1. The Morgan fingerprint density at radius 1 is 1.14 bits per heavy atom. The van der Waals surface area contributed by atoms with E-state index in [9.17, 15) is 19.1 Å². The third-order valence-corrected chi connectivity index (χ3v) is 8.37. The molecule has 1 amide bonds. The third-order valence-electron chi connectivity index (χ3n) is 7.12. The molecule has 1 aliphatic heterocycles. The van der Waals surface area contributed by atoms with E-state index in [2.05, 4.69) is 15.3 Å². The number of carboxylic acid groups (broad SMARTS) is 1. The van der Waals surface area contributed by atoms with Gasteiger partial charge in [0.2, 0.25) is 0 Å². The molecule has 1 saturated heterocycles. The summed E-state index contributed by atoms with van der Waals surface area (Å²) >= 11 is 7.71. The lowest BCUT2D eigenvalue weighted by atomic mass is 10.0. The Bertz CT molecular complexity index is 1590. The van der Waals surface area contributed by atoms with Gasteiger partial charge in [-0.25, -0.2) is 9.18 Å². The predicted octanol–water partition coefficient (Wildman–Crippen LogP) is 7.15. The summed E-state index contributed by atoms with van der Waals surface area (Å²) in [6, 6.07) is 13.1. The second kappa shape index (κ2) is 12.2. The number of thiophene rings is 1. The van der Waals surface area contributed by atoms with Crippen LogP contribution in [0.15, 0.2) is 60.1 Å². The lowest BCUT2D eigenvalue weighted by Gasteiger charge is -2.32. The number of carbonyl (C=O) groups is 2. The molecule has 11 heteroatoms. The summed E-state index contributed by atoms with van der Waals surface area (Å²) < 4.78 is 21.4. The number of benzene rings is 2. The molecule has 4 aromatic rings. The Morgan fingerprint density at radius 3 is 2.52 bits per heavy atom. The van der Waals surface area contributed by atoms with Gasteiger partial charge in [-0.2, -0.15) is 5.10 Å². The van der Waals surface area contributed by atoms with Crippen LogP contribution in [-0.4, -0.2) is 50.9 Å². The zero-order valence-corrected chi connectivity index (χ0v) is 25.1. The Kier molecular flexibility index (Phi) is 8.68. The Balaban J connectivity index is 1.27. The summed E-state index contributed by atoms with van der Waals surface area (Å²) in [4.78, 5) is 27.4. The van der Waals surface area contributed by atoms with Crippen LogP contribution in [-0.2, 0) is 12.1 Å². The maximum atomic E-state index is 13.6. The van der Waals surface area contributed by atoms with Gasteiger partial charge < -0.3 is 15.2 Å². The molecule has 2 aromatic heterocycles. The molecule has 0 atom stereocenters. The average Bonchev–Trinajstić information content (AvgIpc) is 3.60. The van der Waals surface area contributed by atoms with Crippen molar-refractivity contribution in [2.24, 2.45) is 0 Å². The molecule has 0 unspecified atom stereocenters. The number of hydrogen-bond acceptors (Lipinski definition) is 6. The van der Waals surface area contributed by atoms with E-state index in [4.69, 9.17) is 16.3 Å². The maximum Gasteiger partial charge on any atom is 0.349 e. The van der Waals surface area contributed by atoms with Gasteiger partial charge in [0, 0.05) is 35.9 Å². The number of carboxylic acids is 1. The van der Waals surface area contributed by atoms with Gasteiger partial charge in [0.05, 0.1) is 23.0 Å². The van der Waals surface area contributed by atoms with Crippen molar-refractivity contribution in [2.45, 2.75) is 51.8 Å². The van der Waals surface area contributed by atoms with Crippen molar-refractivity contribution in [3.8, 4) is 17.0 Å². The molecule has 0 spiro atoms. The predicted molar refractivity (Wildman–Crippen MR) is 162 cm³/mol. The fraction of sp³-hybridized carbons (Fsp3) is 0.323. The fourth-order valence-corrected chi connectivity index (χ4v) is 5.87. The summed E-state index contributed by atoms with van der Waals surface area (Å²) in [5.74, 6) is -1.24. The molecule has 1 fully saturated rings. The first-order valence-electron chi connectivity index (χ1n) is 13.6. The van der Waals surface area contributed by atoms with Crippen LogP contribution in [0.4, 0.5) is 10.1 Å². The van der Waals surface area contributed by atoms with Gasteiger partial charge in [-0.05, 0) is 93.1 Å². The second-order valence-corrected chi connectivity index (χ2v) is 12.6. The number of nitrogens with one attached hydrogen (secondary N) is 1. The Hall–Kier alpha value is -3.73. The molecule has 2 aromatic carbocycles. The van der Waals surface area contributed by atoms with Gasteiger partial charge in [0.1, 0.15) is 17.7 Å².